The molecule has 11 heteroatoms. The van der Waals surface area contributed by atoms with Crippen molar-refractivity contribution in [3.8, 4) is 0 Å². The lowest BCUT2D eigenvalue weighted by Crippen LogP contribution is -2.04. The van der Waals surface area contributed by atoms with E-state index in [-0.39, 0.29) is 29.0 Å². The average molecular weight is 490 g/mol. The van der Waals surface area contributed by atoms with E-state index in [0.717, 1.165) is 12.3 Å². The van der Waals surface area contributed by atoms with Crippen molar-refractivity contribution >= 4 is 63.3 Å². The summed E-state index contributed by atoms with van der Waals surface area (Å²) in [4.78, 5) is 22.2. The summed E-state index contributed by atoms with van der Waals surface area (Å²) in [6.07, 6.45) is 1.28. The summed E-state index contributed by atoms with van der Waals surface area (Å²) in [5.74, 6) is -1.45. The summed E-state index contributed by atoms with van der Waals surface area (Å²) in [6, 6.07) is 6.30. The van der Waals surface area contributed by atoms with Crippen LogP contribution in [0.15, 0.2) is 30.3 Å². The minimum Gasteiger partial charge on any atom is -0.465 e. The maximum Gasteiger partial charge on any atom is 0.337 e. The molecule has 1 atom stereocenters. The van der Waals surface area contributed by atoms with E-state index >= 15 is 0 Å². The highest BCUT2D eigenvalue weighted by Gasteiger charge is 2.19. The van der Waals surface area contributed by atoms with Crippen molar-refractivity contribution < 1.29 is 18.8 Å². The van der Waals surface area contributed by atoms with Gasteiger partial charge in [-0.3, -0.25) is 10.1 Å². The van der Waals surface area contributed by atoms with Gasteiger partial charge in [0.2, 0.25) is 0 Å². The zero-order valence-corrected chi connectivity index (χ0v) is 16.5. The SMILES string of the molecule is COC(=O)c1ccc(Nc2cc(NPI)c(C=N)cc2[N+](=O)[O-])c(F)c1. The Hall–Kier alpha value is -2.33. The van der Waals surface area contributed by atoms with Gasteiger partial charge in [-0.1, -0.05) is 0 Å². The lowest BCUT2D eigenvalue weighted by Gasteiger charge is -2.13. The maximum atomic E-state index is 14.3. The number of methoxy groups -OCH3 is 1. The molecule has 0 aliphatic rings. The summed E-state index contributed by atoms with van der Waals surface area (Å²) in [6.45, 7) is 0. The fourth-order valence-electron chi connectivity index (χ4n) is 2.14. The first kappa shape index (κ1) is 20.0. The Morgan fingerprint density at radius 2 is 2.08 bits per heavy atom. The van der Waals surface area contributed by atoms with E-state index < -0.39 is 16.7 Å². The van der Waals surface area contributed by atoms with E-state index in [1.165, 1.54) is 31.4 Å². The molecular weight excluding hydrogens is 477 g/mol. The molecule has 0 amide bonds. The number of benzene rings is 2. The van der Waals surface area contributed by atoms with Crippen LogP contribution < -0.4 is 10.4 Å². The lowest BCUT2D eigenvalue weighted by molar-refractivity contribution is -0.383. The number of nitrogens with one attached hydrogen (secondary N) is 3. The Morgan fingerprint density at radius 3 is 2.62 bits per heavy atom. The monoisotopic (exact) mass is 490 g/mol. The number of rotatable bonds is 7. The van der Waals surface area contributed by atoms with Gasteiger partial charge in [-0.2, -0.15) is 0 Å². The van der Waals surface area contributed by atoms with Crippen LogP contribution in [-0.2, 0) is 4.74 Å². The molecule has 26 heavy (non-hydrogen) atoms. The summed E-state index contributed by atoms with van der Waals surface area (Å²) >= 11 is 2.08. The van der Waals surface area contributed by atoms with Gasteiger partial charge in [0.05, 0.1) is 23.3 Å². The second-order valence-electron chi connectivity index (χ2n) is 4.89. The van der Waals surface area contributed by atoms with Crippen molar-refractivity contribution in [1.82, 2.24) is 0 Å². The van der Waals surface area contributed by atoms with Crippen LogP contribution in [0.1, 0.15) is 15.9 Å². The topological polar surface area (TPSA) is 117 Å². The highest BCUT2D eigenvalue weighted by atomic mass is 127. The molecule has 136 valence electrons. The van der Waals surface area contributed by atoms with Crippen LogP contribution in [0, 0.1) is 21.3 Å². The van der Waals surface area contributed by atoms with E-state index in [1.807, 2.05) is 0 Å². The number of nitro benzene ring substituents is 1. The fraction of sp³-hybridized carbons (Fsp3) is 0.0667. The molecular formula is C15H13FIN4O4P. The second-order valence-corrected chi connectivity index (χ2v) is 6.95. The van der Waals surface area contributed by atoms with Crippen LogP contribution >= 0.6 is 28.4 Å². The third-order valence-electron chi connectivity index (χ3n) is 3.36. The molecule has 0 aliphatic heterocycles. The van der Waals surface area contributed by atoms with Crippen molar-refractivity contribution in [3.63, 3.8) is 0 Å². The van der Waals surface area contributed by atoms with Gasteiger partial charge in [0.1, 0.15) is 11.5 Å². The number of hydrogen-bond acceptors (Lipinski definition) is 7. The first-order valence-electron chi connectivity index (χ1n) is 7.00. The predicted molar refractivity (Wildman–Crippen MR) is 108 cm³/mol. The lowest BCUT2D eigenvalue weighted by atomic mass is 10.1. The highest BCUT2D eigenvalue weighted by molar-refractivity contribution is 14.2. The van der Waals surface area contributed by atoms with Crippen molar-refractivity contribution in [2.45, 2.75) is 0 Å². The fourth-order valence-corrected chi connectivity index (χ4v) is 3.33. The number of carbonyl (C=O) groups is 1. The number of anilines is 3. The van der Waals surface area contributed by atoms with Gasteiger partial charge in [-0.05, 0) is 46.3 Å². The number of carbonyl (C=O) groups excluding carboxylic acids is 1. The van der Waals surface area contributed by atoms with Crippen molar-refractivity contribution in [3.05, 3.63) is 57.4 Å². The molecule has 2 rings (SSSR count). The van der Waals surface area contributed by atoms with E-state index in [1.54, 1.807) is 0 Å². The molecule has 0 heterocycles. The summed E-state index contributed by atoms with van der Waals surface area (Å²) < 4.78 is 18.8. The number of nitro groups is 1. The number of halogens is 2. The molecule has 0 saturated carbocycles. The van der Waals surface area contributed by atoms with Gasteiger partial charge in [0.25, 0.3) is 5.69 Å². The quantitative estimate of drug-likeness (QED) is 0.130. The van der Waals surface area contributed by atoms with Gasteiger partial charge >= 0.3 is 5.97 Å². The Labute approximate surface area is 162 Å². The first-order chi connectivity index (χ1) is 12.4. The third kappa shape index (κ3) is 4.44. The molecule has 8 nitrogen and oxygen atoms in total. The molecule has 0 aromatic heterocycles. The molecule has 0 saturated heterocycles. The third-order valence-corrected chi connectivity index (χ3v) is 4.53. The molecule has 0 radical (unpaired) electrons. The van der Waals surface area contributed by atoms with Gasteiger partial charge < -0.3 is 20.6 Å². The highest BCUT2D eigenvalue weighted by Crippen LogP contribution is 2.36. The Kier molecular flexibility index (Phi) is 6.81. The zero-order chi connectivity index (χ0) is 19.3. The normalized spacial score (nSPS) is 10.6. The van der Waals surface area contributed by atoms with Gasteiger partial charge in [-0.25, -0.2) is 9.18 Å². The first-order valence-corrected chi connectivity index (χ1v) is 11.1. The van der Waals surface area contributed by atoms with Crippen molar-refractivity contribution in [1.29, 1.82) is 5.41 Å². The minimum absolute atomic E-state index is 0.0256. The van der Waals surface area contributed by atoms with E-state index in [0.29, 0.717) is 11.3 Å². The molecule has 2 aromatic carbocycles. The largest absolute Gasteiger partial charge is 0.465 e. The van der Waals surface area contributed by atoms with Crippen LogP contribution in [0.25, 0.3) is 0 Å². The zero-order valence-electron chi connectivity index (χ0n) is 13.3. The molecule has 0 bridgehead atoms. The molecule has 1 unspecified atom stereocenters. The van der Waals surface area contributed by atoms with E-state index in [9.17, 15) is 19.3 Å². The van der Waals surface area contributed by atoms with Crippen molar-refractivity contribution in [2.75, 3.05) is 17.5 Å². The standard InChI is InChI=1S/C15H13FIN4O4P/c1-25-15(22)8-2-3-11(10(16)4-8)19-13-6-12(20-26-17)9(7-18)5-14(13)21(23)24/h2-7,18-20,26H,1H3. The minimum atomic E-state index is -0.761. The summed E-state index contributed by atoms with van der Waals surface area (Å²) in [5, 5.41) is 24.4. The van der Waals surface area contributed by atoms with Crippen LogP contribution in [0.3, 0.4) is 0 Å². The number of nitrogens with zero attached hydrogens (tertiary/aromatic N) is 1. The summed E-state index contributed by atoms with van der Waals surface area (Å²) in [7, 11) is 1.18. The molecule has 3 N–H and O–H groups in total. The molecule has 2 aromatic rings. The second kappa shape index (κ2) is 8.86. The van der Waals surface area contributed by atoms with E-state index in [2.05, 4.69) is 37.2 Å². The number of esters is 1. The number of ether oxygens (including phenoxy) is 1. The molecule has 0 spiro atoms. The van der Waals surface area contributed by atoms with Crippen LogP contribution in [-0.4, -0.2) is 24.2 Å². The van der Waals surface area contributed by atoms with Crippen LogP contribution in [0.2, 0.25) is 0 Å². The summed E-state index contributed by atoms with van der Waals surface area (Å²) in [5.41, 5.74) is 0.592. The molecule has 0 aliphatic carbocycles. The van der Waals surface area contributed by atoms with Crippen molar-refractivity contribution in [2.24, 2.45) is 0 Å². The van der Waals surface area contributed by atoms with E-state index in [4.69, 9.17) is 5.41 Å². The Morgan fingerprint density at radius 1 is 1.35 bits per heavy atom. The van der Waals surface area contributed by atoms with Crippen LogP contribution in [0.5, 0.6) is 0 Å². The Balaban J connectivity index is 2.47. The van der Waals surface area contributed by atoms with Gasteiger partial charge in [0.15, 0.2) is 0 Å². The predicted octanol–water partition coefficient (Wildman–Crippen LogP) is 4.62. The smallest absolute Gasteiger partial charge is 0.337 e. The Bertz CT molecular complexity index is 881. The number of hydrogen-bond donors (Lipinski definition) is 3. The van der Waals surface area contributed by atoms with Gasteiger partial charge in [-0.15, -0.1) is 0 Å². The maximum absolute atomic E-state index is 14.3. The van der Waals surface area contributed by atoms with Gasteiger partial charge in [0, 0.05) is 29.9 Å². The molecule has 0 fully saturated rings. The average Bonchev–Trinajstić information content (AvgIpc) is 2.62. The van der Waals surface area contributed by atoms with Crippen LogP contribution in [0.4, 0.5) is 27.1 Å².